The molecule has 0 saturated carbocycles. The summed E-state index contributed by atoms with van der Waals surface area (Å²) < 4.78 is 7.73. The highest BCUT2D eigenvalue weighted by Gasteiger charge is 2.21. The lowest BCUT2D eigenvalue weighted by molar-refractivity contribution is 0.0781. The van der Waals surface area contributed by atoms with Crippen molar-refractivity contribution < 1.29 is 9.53 Å². The molecule has 2 heterocycles. The summed E-state index contributed by atoms with van der Waals surface area (Å²) in [5.41, 5.74) is 6.13. The number of ether oxygens (including phenoxy) is 1. The normalized spacial score (nSPS) is 11.2. The minimum atomic E-state index is -0.150. The Morgan fingerprint density at radius 2 is 1.92 bits per heavy atom. The summed E-state index contributed by atoms with van der Waals surface area (Å²) in [7, 11) is 3.70. The lowest BCUT2D eigenvalue weighted by Crippen LogP contribution is -2.28. The maximum Gasteiger partial charge on any atom is 0.273 e. The average Bonchev–Trinajstić information content (AvgIpc) is 3.22. The number of rotatable bonds is 9. The van der Waals surface area contributed by atoms with E-state index in [1.807, 2.05) is 75.1 Å². The van der Waals surface area contributed by atoms with Crippen LogP contribution in [0.15, 0.2) is 42.6 Å². The molecule has 0 unspecified atom stereocenters. The van der Waals surface area contributed by atoms with Crippen LogP contribution in [0.5, 0.6) is 5.75 Å². The molecule has 188 valence electrons. The van der Waals surface area contributed by atoms with Crippen molar-refractivity contribution in [1.82, 2.24) is 30.0 Å². The van der Waals surface area contributed by atoms with E-state index in [4.69, 9.17) is 14.7 Å². The Bertz CT molecular complexity index is 1390. The number of likely N-dealkylation sites (N-methyl/N-ethyl adjacent to an activating group) is 1. The van der Waals surface area contributed by atoms with Crippen molar-refractivity contribution in [2.24, 2.45) is 0 Å². The first-order valence-corrected chi connectivity index (χ1v) is 12.3. The van der Waals surface area contributed by atoms with Gasteiger partial charge in [-0.2, -0.15) is 5.10 Å². The number of hydrogen-bond acceptors (Lipinski definition) is 6. The van der Waals surface area contributed by atoms with Gasteiger partial charge < -0.3 is 15.0 Å². The Balaban J connectivity index is 1.71. The summed E-state index contributed by atoms with van der Waals surface area (Å²) in [6, 6.07) is 11.8. The molecule has 2 aromatic heterocycles. The van der Waals surface area contributed by atoms with E-state index >= 15 is 0 Å². The number of amides is 1. The van der Waals surface area contributed by atoms with Crippen LogP contribution in [-0.4, -0.2) is 57.8 Å². The molecule has 1 amide bonds. The minimum Gasteiger partial charge on any atom is -0.492 e. The predicted molar refractivity (Wildman–Crippen MR) is 142 cm³/mol. The van der Waals surface area contributed by atoms with Gasteiger partial charge in [0.2, 0.25) is 0 Å². The van der Waals surface area contributed by atoms with E-state index in [0.29, 0.717) is 24.7 Å². The first kappa shape index (κ1) is 25.3. The molecule has 8 nitrogen and oxygen atoms in total. The molecule has 0 atom stereocenters. The van der Waals surface area contributed by atoms with Gasteiger partial charge in [-0.1, -0.05) is 11.6 Å². The van der Waals surface area contributed by atoms with Crippen molar-refractivity contribution in [3.63, 3.8) is 0 Å². The van der Waals surface area contributed by atoms with Crippen LogP contribution in [0.2, 0.25) is 0 Å². The third kappa shape index (κ3) is 5.23. The van der Waals surface area contributed by atoms with E-state index in [2.05, 4.69) is 17.3 Å². The monoisotopic (exact) mass is 486 g/mol. The van der Waals surface area contributed by atoms with E-state index in [1.54, 1.807) is 11.9 Å². The summed E-state index contributed by atoms with van der Waals surface area (Å²) in [6.07, 6.45) is 1.83. The Kier molecular flexibility index (Phi) is 7.64. The zero-order valence-electron chi connectivity index (χ0n) is 21.9. The molecule has 0 radical (unpaired) electrons. The molecule has 36 heavy (non-hydrogen) atoms. The Morgan fingerprint density at radius 1 is 1.11 bits per heavy atom. The molecule has 8 heteroatoms. The lowest BCUT2D eigenvalue weighted by atomic mass is 10.1. The highest BCUT2D eigenvalue weighted by atomic mass is 16.5. The number of nitrogens with one attached hydrogen (secondary N) is 1. The maximum atomic E-state index is 13.7. The van der Waals surface area contributed by atoms with E-state index in [1.165, 1.54) is 0 Å². The largest absolute Gasteiger partial charge is 0.492 e. The summed E-state index contributed by atoms with van der Waals surface area (Å²) in [5.74, 6) is 1.17. The lowest BCUT2D eigenvalue weighted by Gasteiger charge is -2.19. The van der Waals surface area contributed by atoms with E-state index in [-0.39, 0.29) is 5.91 Å². The highest BCUT2D eigenvalue weighted by Crippen LogP contribution is 2.28. The van der Waals surface area contributed by atoms with Crippen molar-refractivity contribution in [2.45, 2.75) is 40.8 Å². The number of benzene rings is 2. The Labute approximate surface area is 212 Å². The van der Waals surface area contributed by atoms with Gasteiger partial charge in [0.25, 0.3) is 5.91 Å². The zero-order chi connectivity index (χ0) is 25.8. The molecule has 1 N–H and O–H groups in total. The molecule has 0 aliphatic heterocycles. The van der Waals surface area contributed by atoms with Crippen molar-refractivity contribution in [3.05, 3.63) is 70.7 Å². The van der Waals surface area contributed by atoms with Gasteiger partial charge in [0.15, 0.2) is 5.82 Å². The number of carbonyl (C=O) groups excluding carboxylic acids is 1. The fraction of sp³-hybridized carbons (Fsp3) is 0.357. The average molecular weight is 487 g/mol. The second kappa shape index (κ2) is 10.9. The van der Waals surface area contributed by atoms with Gasteiger partial charge in [-0.25, -0.2) is 9.97 Å². The molecule has 0 spiro atoms. The van der Waals surface area contributed by atoms with Crippen LogP contribution in [0.4, 0.5) is 0 Å². The molecule has 0 aliphatic carbocycles. The van der Waals surface area contributed by atoms with Crippen LogP contribution in [0.25, 0.3) is 22.3 Å². The van der Waals surface area contributed by atoms with Gasteiger partial charge in [0.05, 0.1) is 11.7 Å². The van der Waals surface area contributed by atoms with Gasteiger partial charge in [-0.15, -0.1) is 0 Å². The van der Waals surface area contributed by atoms with Crippen LogP contribution >= 0.6 is 0 Å². The maximum absolute atomic E-state index is 13.7. The number of carbonyl (C=O) groups is 1. The minimum absolute atomic E-state index is 0.150. The molecule has 0 fully saturated rings. The SMILES string of the molecule is CCn1ncc(CN(C)C(=O)c2nc(-c3ccc(OCCNC)cc3C)nc3ccc(C)cc23)c1C. The van der Waals surface area contributed by atoms with Gasteiger partial charge >= 0.3 is 0 Å². The van der Waals surface area contributed by atoms with E-state index in [9.17, 15) is 4.79 Å². The third-order valence-corrected chi connectivity index (χ3v) is 6.37. The number of aryl methyl sites for hydroxylation is 3. The summed E-state index contributed by atoms with van der Waals surface area (Å²) in [6.45, 7) is 10.7. The molecule has 2 aromatic carbocycles. The van der Waals surface area contributed by atoms with Gasteiger partial charge in [0.1, 0.15) is 18.1 Å². The van der Waals surface area contributed by atoms with Crippen molar-refractivity contribution in [1.29, 1.82) is 0 Å². The number of nitrogens with zero attached hydrogens (tertiary/aromatic N) is 5. The Hall–Kier alpha value is -3.78. The first-order valence-electron chi connectivity index (χ1n) is 12.3. The summed E-state index contributed by atoms with van der Waals surface area (Å²) in [5, 5.41) is 8.24. The topological polar surface area (TPSA) is 85.2 Å². The Morgan fingerprint density at radius 3 is 2.61 bits per heavy atom. The van der Waals surface area contributed by atoms with Crippen molar-refractivity contribution in [2.75, 3.05) is 27.2 Å². The van der Waals surface area contributed by atoms with Crippen LogP contribution in [0.1, 0.15) is 39.8 Å². The van der Waals surface area contributed by atoms with E-state index < -0.39 is 0 Å². The second-order valence-electron chi connectivity index (χ2n) is 9.08. The van der Waals surface area contributed by atoms with Crippen LogP contribution < -0.4 is 10.1 Å². The van der Waals surface area contributed by atoms with Gasteiger partial charge in [0, 0.05) is 48.9 Å². The van der Waals surface area contributed by atoms with Crippen LogP contribution in [0.3, 0.4) is 0 Å². The molecule has 4 rings (SSSR count). The predicted octanol–water partition coefficient (Wildman–Crippen LogP) is 4.31. The summed E-state index contributed by atoms with van der Waals surface area (Å²) >= 11 is 0. The van der Waals surface area contributed by atoms with Gasteiger partial charge in [-0.3, -0.25) is 9.48 Å². The molecular formula is C28H34N6O2. The second-order valence-corrected chi connectivity index (χ2v) is 9.08. The third-order valence-electron chi connectivity index (χ3n) is 6.37. The van der Waals surface area contributed by atoms with Crippen molar-refractivity contribution in [3.8, 4) is 17.1 Å². The first-order chi connectivity index (χ1) is 17.3. The fourth-order valence-electron chi connectivity index (χ4n) is 4.24. The quantitative estimate of drug-likeness (QED) is 0.355. The molecule has 4 aromatic rings. The van der Waals surface area contributed by atoms with Crippen molar-refractivity contribution >= 4 is 16.8 Å². The molecule has 0 saturated heterocycles. The zero-order valence-corrected chi connectivity index (χ0v) is 21.9. The number of aromatic nitrogens is 4. The van der Waals surface area contributed by atoms with Crippen LogP contribution in [-0.2, 0) is 13.1 Å². The standard InChI is InChI=1S/C28H34N6O2/c1-7-34-20(4)21(16-30-34)17-33(6)28(35)26-24-14-18(2)8-11-25(24)31-27(32-26)23-10-9-22(15-19(23)3)36-13-12-29-5/h8-11,14-16,29H,7,12-13,17H2,1-6H3. The molecular weight excluding hydrogens is 452 g/mol. The molecule has 0 bridgehead atoms. The fourth-order valence-corrected chi connectivity index (χ4v) is 4.24. The van der Waals surface area contributed by atoms with Crippen LogP contribution in [0, 0.1) is 20.8 Å². The highest BCUT2D eigenvalue weighted by molar-refractivity contribution is 6.05. The smallest absolute Gasteiger partial charge is 0.273 e. The van der Waals surface area contributed by atoms with Gasteiger partial charge in [-0.05, 0) is 70.6 Å². The molecule has 0 aliphatic rings. The number of hydrogen-bond donors (Lipinski definition) is 1. The van der Waals surface area contributed by atoms with E-state index in [0.717, 1.165) is 57.7 Å². The summed E-state index contributed by atoms with van der Waals surface area (Å²) in [4.78, 5) is 25.0. The number of fused-ring (bicyclic) bond motifs is 1.